The Kier molecular flexibility index (Phi) is 7.12. The van der Waals surface area contributed by atoms with E-state index in [4.69, 9.17) is 11.6 Å². The van der Waals surface area contributed by atoms with Gasteiger partial charge in [0.2, 0.25) is 5.91 Å². The maximum Gasteiger partial charge on any atom is 0.244 e. The van der Waals surface area contributed by atoms with Crippen LogP contribution < -0.4 is 5.32 Å². The van der Waals surface area contributed by atoms with Gasteiger partial charge in [-0.25, -0.2) is 4.39 Å². The number of carbonyl (C=O) groups is 1. The number of hydrogen-bond donors (Lipinski definition) is 2. The maximum absolute atomic E-state index is 13.3. The molecule has 0 saturated heterocycles. The third-order valence-electron chi connectivity index (χ3n) is 3.03. The zero-order chi connectivity index (χ0) is 15.8. The fourth-order valence-electron chi connectivity index (χ4n) is 1.69. The van der Waals surface area contributed by atoms with E-state index < -0.39 is 11.9 Å². The molecule has 0 radical (unpaired) electrons. The van der Waals surface area contributed by atoms with Crippen LogP contribution in [0.25, 0.3) is 0 Å². The van der Waals surface area contributed by atoms with Crippen molar-refractivity contribution in [2.75, 3.05) is 6.54 Å². The molecule has 114 valence electrons. The predicted octanol–water partition coefficient (Wildman–Crippen LogP) is 3.54. The molecular weight excluding hydrogens is 293 g/mol. The first-order valence-corrected chi connectivity index (χ1v) is 7.09. The lowest BCUT2D eigenvalue weighted by molar-refractivity contribution is -0.116. The molecule has 0 fully saturated rings. The molecule has 5 heteroatoms. The minimum absolute atomic E-state index is 0.00153. The van der Waals surface area contributed by atoms with Crippen LogP contribution in [0.1, 0.15) is 31.9 Å². The Morgan fingerprint density at radius 1 is 1.48 bits per heavy atom. The molecule has 0 aromatic heterocycles. The third-order valence-corrected chi connectivity index (χ3v) is 3.33. The lowest BCUT2D eigenvalue weighted by atomic mass is 10.1. The van der Waals surface area contributed by atoms with Gasteiger partial charge in [-0.05, 0) is 31.0 Å². The summed E-state index contributed by atoms with van der Waals surface area (Å²) in [4.78, 5) is 11.6. The summed E-state index contributed by atoms with van der Waals surface area (Å²) < 4.78 is 13.3. The highest BCUT2D eigenvalue weighted by Gasteiger charge is 2.10. The zero-order valence-electron chi connectivity index (χ0n) is 12.1. The highest BCUT2D eigenvalue weighted by Crippen LogP contribution is 2.19. The molecule has 1 atom stereocenters. The number of aliphatic hydroxyl groups is 1. The summed E-state index contributed by atoms with van der Waals surface area (Å²) in [6.07, 6.45) is 4.92. The van der Waals surface area contributed by atoms with Crippen LogP contribution in [0.2, 0.25) is 5.02 Å². The van der Waals surface area contributed by atoms with E-state index in [1.54, 1.807) is 6.08 Å². The van der Waals surface area contributed by atoms with Crippen LogP contribution in [0.5, 0.6) is 0 Å². The van der Waals surface area contributed by atoms with Crippen molar-refractivity contribution >= 4 is 17.5 Å². The fraction of sp³-hybridized carbons (Fsp3) is 0.312. The molecule has 0 spiro atoms. The van der Waals surface area contributed by atoms with Crippen molar-refractivity contribution in [3.8, 4) is 0 Å². The Morgan fingerprint density at radius 2 is 2.19 bits per heavy atom. The molecule has 0 aliphatic rings. The molecule has 1 aromatic rings. The first-order chi connectivity index (χ1) is 9.97. The molecule has 2 N–H and O–H groups in total. The van der Waals surface area contributed by atoms with Gasteiger partial charge in [-0.1, -0.05) is 42.3 Å². The number of aliphatic hydroxyl groups excluding tert-OH is 1. The molecular formula is C16H19ClFNO2. The number of nitrogens with one attached hydrogen (secondary N) is 1. The normalized spacial score (nSPS) is 13.5. The fourth-order valence-corrected chi connectivity index (χ4v) is 1.81. The Labute approximate surface area is 129 Å². The van der Waals surface area contributed by atoms with Gasteiger partial charge in [-0.3, -0.25) is 4.79 Å². The van der Waals surface area contributed by atoms with E-state index in [0.717, 1.165) is 18.1 Å². The quantitative estimate of drug-likeness (QED) is 0.623. The zero-order valence-corrected chi connectivity index (χ0v) is 12.8. The minimum Gasteiger partial charge on any atom is -0.387 e. The van der Waals surface area contributed by atoms with Crippen LogP contribution in [0.4, 0.5) is 4.39 Å². The number of hydrogen-bond acceptors (Lipinski definition) is 2. The number of benzene rings is 1. The average molecular weight is 312 g/mol. The number of rotatable bonds is 6. The van der Waals surface area contributed by atoms with Gasteiger partial charge in [0.25, 0.3) is 0 Å². The van der Waals surface area contributed by atoms with Gasteiger partial charge in [0.1, 0.15) is 5.82 Å². The summed E-state index contributed by atoms with van der Waals surface area (Å²) in [5.41, 5.74) is 1.41. The third kappa shape index (κ3) is 5.69. The molecule has 1 unspecified atom stereocenters. The molecule has 1 rings (SSSR count). The first-order valence-electron chi connectivity index (χ1n) is 6.72. The topological polar surface area (TPSA) is 49.3 Å². The first kappa shape index (κ1) is 17.4. The smallest absolute Gasteiger partial charge is 0.244 e. The lowest BCUT2D eigenvalue weighted by Crippen LogP contribution is -2.26. The molecule has 0 aliphatic heterocycles. The average Bonchev–Trinajstić information content (AvgIpc) is 2.48. The van der Waals surface area contributed by atoms with Crippen molar-refractivity contribution < 1.29 is 14.3 Å². The van der Waals surface area contributed by atoms with Crippen molar-refractivity contribution in [2.45, 2.75) is 26.4 Å². The number of carbonyl (C=O) groups excluding carboxylic acids is 1. The number of halogens is 2. The molecule has 21 heavy (non-hydrogen) atoms. The monoisotopic (exact) mass is 311 g/mol. The van der Waals surface area contributed by atoms with Crippen LogP contribution >= 0.6 is 11.6 Å². The van der Waals surface area contributed by atoms with Crippen LogP contribution in [0.3, 0.4) is 0 Å². The lowest BCUT2D eigenvalue weighted by Gasteiger charge is -2.11. The predicted molar refractivity (Wildman–Crippen MR) is 82.6 cm³/mol. The van der Waals surface area contributed by atoms with Crippen molar-refractivity contribution in [3.05, 3.63) is 58.4 Å². The second kappa shape index (κ2) is 8.60. The van der Waals surface area contributed by atoms with Gasteiger partial charge >= 0.3 is 0 Å². The highest BCUT2D eigenvalue weighted by molar-refractivity contribution is 6.30. The van der Waals surface area contributed by atoms with Gasteiger partial charge in [0.05, 0.1) is 11.1 Å². The van der Waals surface area contributed by atoms with Crippen molar-refractivity contribution in [2.24, 2.45) is 0 Å². The van der Waals surface area contributed by atoms with Crippen molar-refractivity contribution in [1.82, 2.24) is 5.32 Å². The van der Waals surface area contributed by atoms with E-state index in [1.807, 2.05) is 19.9 Å². The Bertz CT molecular complexity index is 555. The second-order valence-electron chi connectivity index (χ2n) is 4.48. The second-order valence-corrected chi connectivity index (χ2v) is 4.89. The van der Waals surface area contributed by atoms with Crippen LogP contribution in [0, 0.1) is 5.82 Å². The Hall–Kier alpha value is -1.65. The van der Waals surface area contributed by atoms with Crippen molar-refractivity contribution in [3.63, 3.8) is 0 Å². The number of amides is 1. The van der Waals surface area contributed by atoms with Crippen LogP contribution in [-0.4, -0.2) is 17.6 Å². The highest BCUT2D eigenvalue weighted by atomic mass is 35.5. The number of allylic oxidation sites excluding steroid dienone is 3. The molecule has 0 bridgehead atoms. The Balaban J connectivity index is 2.54. The van der Waals surface area contributed by atoms with E-state index in [9.17, 15) is 14.3 Å². The van der Waals surface area contributed by atoms with Gasteiger partial charge in [0, 0.05) is 12.6 Å². The molecule has 0 saturated carbocycles. The summed E-state index contributed by atoms with van der Waals surface area (Å²) in [6.45, 7) is 3.90. The summed E-state index contributed by atoms with van der Waals surface area (Å²) in [7, 11) is 0. The molecule has 1 amide bonds. The summed E-state index contributed by atoms with van der Waals surface area (Å²) in [5, 5.41) is 12.5. The van der Waals surface area contributed by atoms with Crippen molar-refractivity contribution in [1.29, 1.82) is 0 Å². The summed E-state index contributed by atoms with van der Waals surface area (Å²) >= 11 is 5.57. The summed E-state index contributed by atoms with van der Waals surface area (Å²) in [5.74, 6) is -0.906. The van der Waals surface area contributed by atoms with Gasteiger partial charge < -0.3 is 10.4 Å². The van der Waals surface area contributed by atoms with E-state index in [0.29, 0.717) is 5.56 Å². The minimum atomic E-state index is -0.985. The van der Waals surface area contributed by atoms with Gasteiger partial charge in [-0.15, -0.1) is 0 Å². The molecule has 3 nitrogen and oxygen atoms in total. The van der Waals surface area contributed by atoms with E-state index in [2.05, 4.69) is 5.32 Å². The SMILES string of the molecule is CC=C(C=CC(=O)NCC(O)c1ccc(Cl)c(F)c1)CC. The maximum atomic E-state index is 13.3. The standard InChI is InChI=1S/C16H19ClFNO2/c1-3-11(4-2)5-8-16(21)19-10-15(20)12-6-7-13(17)14(18)9-12/h3,5-9,15,20H,4,10H2,1-2H3,(H,19,21). The van der Waals surface area contributed by atoms with E-state index >= 15 is 0 Å². The van der Waals surface area contributed by atoms with Crippen LogP contribution in [0.15, 0.2) is 42.0 Å². The molecule has 1 aromatic carbocycles. The van der Waals surface area contributed by atoms with E-state index in [1.165, 1.54) is 18.2 Å². The largest absolute Gasteiger partial charge is 0.387 e. The van der Waals surface area contributed by atoms with Crippen LogP contribution in [-0.2, 0) is 4.79 Å². The Morgan fingerprint density at radius 3 is 2.76 bits per heavy atom. The molecule has 0 heterocycles. The summed E-state index contributed by atoms with van der Waals surface area (Å²) in [6, 6.07) is 4.05. The van der Waals surface area contributed by atoms with E-state index in [-0.39, 0.29) is 17.5 Å². The van der Waals surface area contributed by atoms with Gasteiger partial charge in [-0.2, -0.15) is 0 Å². The van der Waals surface area contributed by atoms with Gasteiger partial charge in [0.15, 0.2) is 0 Å². The molecule has 0 aliphatic carbocycles.